The number of hydrogen-bond donors (Lipinski definition) is 1. The molecule has 1 N–H and O–H groups in total. The molecule has 0 saturated heterocycles. The van der Waals surface area contributed by atoms with E-state index in [9.17, 15) is 0 Å². The molecule has 0 aromatic carbocycles. The number of hydrogen-bond acceptors (Lipinski definition) is 4. The molecule has 2 aromatic heterocycles. The minimum absolute atomic E-state index is 0.424. The van der Waals surface area contributed by atoms with Crippen LogP contribution in [0.1, 0.15) is 36.6 Å². The number of furan rings is 1. The van der Waals surface area contributed by atoms with Crippen molar-refractivity contribution in [2.75, 3.05) is 0 Å². The molecule has 0 spiro atoms. The van der Waals surface area contributed by atoms with Gasteiger partial charge in [-0.25, -0.2) is 0 Å². The first kappa shape index (κ1) is 14.6. The lowest BCUT2D eigenvalue weighted by Gasteiger charge is -2.06. The largest absolute Gasteiger partial charge is 0.484 e. The summed E-state index contributed by atoms with van der Waals surface area (Å²) in [5, 5.41) is 3.35. The van der Waals surface area contributed by atoms with Gasteiger partial charge in [-0.3, -0.25) is 4.98 Å². The monoisotopic (exact) mass is 274 g/mol. The van der Waals surface area contributed by atoms with E-state index < -0.39 is 0 Å². The predicted octanol–water partition coefficient (Wildman–Crippen LogP) is 3.37. The van der Waals surface area contributed by atoms with Gasteiger partial charge in [-0.2, -0.15) is 0 Å². The molecule has 4 heteroatoms. The lowest BCUT2D eigenvalue weighted by atomic mass is 10.2. The fraction of sp³-hybridized carbons (Fsp3) is 0.438. The quantitative estimate of drug-likeness (QED) is 0.877. The zero-order valence-electron chi connectivity index (χ0n) is 12.6. The van der Waals surface area contributed by atoms with E-state index in [1.807, 2.05) is 25.1 Å². The third-order valence-electron chi connectivity index (χ3n) is 3.01. The minimum Gasteiger partial charge on any atom is -0.484 e. The van der Waals surface area contributed by atoms with Crippen LogP contribution in [0.15, 0.2) is 28.8 Å². The van der Waals surface area contributed by atoms with E-state index in [4.69, 9.17) is 9.15 Å². The van der Waals surface area contributed by atoms with Crippen LogP contribution in [0, 0.1) is 13.8 Å². The van der Waals surface area contributed by atoms with Crippen LogP contribution >= 0.6 is 0 Å². The van der Waals surface area contributed by atoms with Crippen LogP contribution in [-0.4, -0.2) is 11.0 Å². The molecule has 4 nitrogen and oxygen atoms in total. The Kier molecular flexibility index (Phi) is 4.79. The van der Waals surface area contributed by atoms with Gasteiger partial charge in [0.05, 0.1) is 12.7 Å². The summed E-state index contributed by atoms with van der Waals surface area (Å²) in [6.45, 7) is 9.41. The molecule has 0 radical (unpaired) electrons. The van der Waals surface area contributed by atoms with Crippen LogP contribution in [0.5, 0.6) is 5.75 Å². The van der Waals surface area contributed by atoms with Gasteiger partial charge in [-0.15, -0.1) is 0 Å². The van der Waals surface area contributed by atoms with Gasteiger partial charge in [0, 0.05) is 11.7 Å². The molecule has 2 aromatic rings. The summed E-state index contributed by atoms with van der Waals surface area (Å²) in [7, 11) is 0. The van der Waals surface area contributed by atoms with Crippen molar-refractivity contribution >= 4 is 0 Å². The maximum absolute atomic E-state index is 5.80. The molecule has 0 fully saturated rings. The summed E-state index contributed by atoms with van der Waals surface area (Å²) >= 11 is 0. The lowest BCUT2D eigenvalue weighted by Crippen LogP contribution is -2.21. The van der Waals surface area contributed by atoms with E-state index in [2.05, 4.69) is 31.1 Å². The Morgan fingerprint density at radius 2 is 2.10 bits per heavy atom. The number of pyridine rings is 1. The van der Waals surface area contributed by atoms with E-state index in [1.165, 1.54) is 0 Å². The van der Waals surface area contributed by atoms with Gasteiger partial charge in [0.25, 0.3) is 0 Å². The highest BCUT2D eigenvalue weighted by Gasteiger charge is 2.08. The molecule has 2 heterocycles. The Bertz CT molecular complexity index is 544. The van der Waals surface area contributed by atoms with Gasteiger partial charge in [-0.05, 0) is 37.6 Å². The summed E-state index contributed by atoms with van der Waals surface area (Å²) in [6, 6.07) is 6.32. The minimum atomic E-state index is 0.424. The summed E-state index contributed by atoms with van der Waals surface area (Å²) in [6.07, 6.45) is 1.73. The standard InChI is InChI=1S/C16H22N2O2/c1-11(2)17-9-16-12(3)7-15(20-16)10-19-14-6-5-13(4)18-8-14/h5-8,11,17H,9-10H2,1-4H3. The van der Waals surface area contributed by atoms with E-state index in [0.717, 1.165) is 35.1 Å². The molecule has 0 aliphatic heterocycles. The van der Waals surface area contributed by atoms with Crippen molar-refractivity contribution < 1.29 is 9.15 Å². The first-order valence-corrected chi connectivity index (χ1v) is 6.91. The topological polar surface area (TPSA) is 47.3 Å². The molecule has 108 valence electrons. The number of nitrogens with one attached hydrogen (secondary N) is 1. The summed E-state index contributed by atoms with van der Waals surface area (Å²) < 4.78 is 11.5. The van der Waals surface area contributed by atoms with Crippen LogP contribution < -0.4 is 10.1 Å². The number of nitrogens with zero attached hydrogens (tertiary/aromatic N) is 1. The summed E-state index contributed by atoms with van der Waals surface area (Å²) in [5.74, 6) is 2.56. The SMILES string of the molecule is Cc1ccc(OCc2cc(C)c(CNC(C)C)o2)cn1. The zero-order valence-corrected chi connectivity index (χ0v) is 12.6. The molecule has 0 aliphatic carbocycles. The number of aryl methyl sites for hydroxylation is 2. The lowest BCUT2D eigenvalue weighted by molar-refractivity contribution is 0.263. The van der Waals surface area contributed by atoms with Gasteiger partial charge in [0.15, 0.2) is 0 Å². The van der Waals surface area contributed by atoms with Crippen molar-refractivity contribution in [1.82, 2.24) is 10.3 Å². The molecule has 20 heavy (non-hydrogen) atoms. The second-order valence-electron chi connectivity index (χ2n) is 5.28. The Labute approximate surface area is 120 Å². The van der Waals surface area contributed by atoms with Crippen molar-refractivity contribution in [2.45, 2.75) is 46.9 Å². The maximum atomic E-state index is 5.80. The van der Waals surface area contributed by atoms with Gasteiger partial charge in [-0.1, -0.05) is 13.8 Å². The first-order chi connectivity index (χ1) is 9.54. The average molecular weight is 274 g/mol. The van der Waals surface area contributed by atoms with Gasteiger partial charge < -0.3 is 14.5 Å². The maximum Gasteiger partial charge on any atom is 0.146 e. The van der Waals surface area contributed by atoms with E-state index in [1.54, 1.807) is 6.20 Å². The van der Waals surface area contributed by atoms with Crippen LogP contribution in [0.4, 0.5) is 0 Å². The van der Waals surface area contributed by atoms with Gasteiger partial charge >= 0.3 is 0 Å². The molecular formula is C16H22N2O2. The van der Waals surface area contributed by atoms with Crippen LogP contribution in [0.25, 0.3) is 0 Å². The van der Waals surface area contributed by atoms with Gasteiger partial charge in [0.1, 0.15) is 23.9 Å². The zero-order chi connectivity index (χ0) is 14.5. The fourth-order valence-corrected chi connectivity index (χ4v) is 1.83. The van der Waals surface area contributed by atoms with Crippen molar-refractivity contribution in [3.63, 3.8) is 0 Å². The third-order valence-corrected chi connectivity index (χ3v) is 3.01. The van der Waals surface area contributed by atoms with E-state index in [-0.39, 0.29) is 0 Å². The molecule has 0 amide bonds. The summed E-state index contributed by atoms with van der Waals surface area (Å²) in [4.78, 5) is 4.20. The highest BCUT2D eigenvalue weighted by Crippen LogP contribution is 2.17. The molecule has 0 aliphatic rings. The Hall–Kier alpha value is -1.81. The second-order valence-corrected chi connectivity index (χ2v) is 5.28. The average Bonchev–Trinajstić information content (AvgIpc) is 2.76. The number of rotatable bonds is 6. The summed E-state index contributed by atoms with van der Waals surface area (Å²) in [5.41, 5.74) is 2.13. The molecular weight excluding hydrogens is 252 g/mol. The third kappa shape index (κ3) is 4.10. The smallest absolute Gasteiger partial charge is 0.146 e. The van der Waals surface area contributed by atoms with Crippen molar-refractivity contribution in [3.8, 4) is 5.75 Å². The fourth-order valence-electron chi connectivity index (χ4n) is 1.83. The first-order valence-electron chi connectivity index (χ1n) is 6.91. The van der Waals surface area contributed by atoms with E-state index >= 15 is 0 Å². The van der Waals surface area contributed by atoms with Crippen LogP contribution in [0.3, 0.4) is 0 Å². The number of aromatic nitrogens is 1. The Morgan fingerprint density at radius 1 is 1.30 bits per heavy atom. The van der Waals surface area contributed by atoms with Gasteiger partial charge in [0.2, 0.25) is 0 Å². The van der Waals surface area contributed by atoms with Crippen molar-refractivity contribution in [1.29, 1.82) is 0 Å². The molecule has 0 saturated carbocycles. The molecule has 0 atom stereocenters. The molecule has 0 bridgehead atoms. The second kappa shape index (κ2) is 6.57. The highest BCUT2D eigenvalue weighted by molar-refractivity contribution is 5.22. The highest BCUT2D eigenvalue weighted by atomic mass is 16.5. The normalized spacial score (nSPS) is 11.1. The molecule has 2 rings (SSSR count). The van der Waals surface area contributed by atoms with Crippen molar-refractivity contribution in [2.24, 2.45) is 0 Å². The Balaban J connectivity index is 1.93. The van der Waals surface area contributed by atoms with Crippen LogP contribution in [-0.2, 0) is 13.2 Å². The predicted molar refractivity (Wildman–Crippen MR) is 78.7 cm³/mol. The molecule has 0 unspecified atom stereocenters. The van der Waals surface area contributed by atoms with Crippen LogP contribution in [0.2, 0.25) is 0 Å². The van der Waals surface area contributed by atoms with Crippen molar-refractivity contribution in [3.05, 3.63) is 47.2 Å². The number of ether oxygens (including phenoxy) is 1. The van der Waals surface area contributed by atoms with E-state index in [0.29, 0.717) is 12.6 Å². The Morgan fingerprint density at radius 3 is 2.75 bits per heavy atom.